The van der Waals surface area contributed by atoms with Crippen LogP contribution in [0.1, 0.15) is 26.2 Å². The van der Waals surface area contributed by atoms with E-state index in [4.69, 9.17) is 14.2 Å². The third-order valence-corrected chi connectivity index (χ3v) is 3.53. The minimum atomic E-state index is -0.670. The third-order valence-electron chi connectivity index (χ3n) is 3.53. The third kappa shape index (κ3) is 0.982. The summed E-state index contributed by atoms with van der Waals surface area (Å²) >= 11 is 0. The van der Waals surface area contributed by atoms with E-state index >= 15 is 0 Å². The van der Waals surface area contributed by atoms with Crippen molar-refractivity contribution >= 4 is 5.97 Å². The highest BCUT2D eigenvalue weighted by Crippen LogP contribution is 2.62. The normalized spacial score (nSPS) is 44.6. The molecule has 1 spiro atoms. The molecular weight excluding hydrogens is 184 g/mol. The van der Waals surface area contributed by atoms with Crippen molar-refractivity contribution in [1.82, 2.24) is 0 Å². The number of methoxy groups -OCH3 is 2. The molecule has 1 aliphatic carbocycles. The second-order valence-electron chi connectivity index (χ2n) is 4.03. The molecule has 0 N–H and O–H groups in total. The predicted molar refractivity (Wildman–Crippen MR) is 48.9 cm³/mol. The van der Waals surface area contributed by atoms with Crippen molar-refractivity contribution < 1.29 is 19.0 Å². The van der Waals surface area contributed by atoms with Gasteiger partial charge in [-0.3, -0.25) is 0 Å². The molecule has 0 aromatic rings. The Morgan fingerprint density at radius 2 is 2.14 bits per heavy atom. The fraction of sp³-hybridized carbons (Fsp3) is 0.900. The summed E-state index contributed by atoms with van der Waals surface area (Å²) in [6.07, 6.45) is 2.54. The number of ether oxygens (including phenoxy) is 3. The molecule has 4 heteroatoms. The van der Waals surface area contributed by atoms with Gasteiger partial charge in [-0.2, -0.15) is 0 Å². The Morgan fingerprint density at radius 3 is 2.57 bits per heavy atom. The highest BCUT2D eigenvalue weighted by molar-refractivity contribution is 5.85. The zero-order chi connectivity index (χ0) is 10.4. The summed E-state index contributed by atoms with van der Waals surface area (Å²) in [5, 5.41) is 0. The molecular formula is C10H16O4. The monoisotopic (exact) mass is 200 g/mol. The zero-order valence-electron chi connectivity index (χ0n) is 8.83. The molecule has 0 radical (unpaired) electrons. The maximum atomic E-state index is 11.5. The first kappa shape index (κ1) is 9.93. The lowest BCUT2D eigenvalue weighted by Gasteiger charge is -2.33. The minimum Gasteiger partial charge on any atom is -0.467 e. The number of carbonyl (C=O) groups is 1. The van der Waals surface area contributed by atoms with Crippen molar-refractivity contribution in [2.45, 2.75) is 43.5 Å². The van der Waals surface area contributed by atoms with Crippen LogP contribution in [0, 0.1) is 0 Å². The van der Waals surface area contributed by atoms with Crippen LogP contribution in [-0.4, -0.2) is 37.5 Å². The van der Waals surface area contributed by atoms with Gasteiger partial charge in [-0.15, -0.1) is 0 Å². The minimum absolute atomic E-state index is 0.241. The Hall–Kier alpha value is -0.610. The summed E-state index contributed by atoms with van der Waals surface area (Å²) < 4.78 is 15.6. The van der Waals surface area contributed by atoms with Gasteiger partial charge in [0, 0.05) is 20.0 Å². The van der Waals surface area contributed by atoms with Gasteiger partial charge in [0.2, 0.25) is 0 Å². The summed E-state index contributed by atoms with van der Waals surface area (Å²) in [5.41, 5.74) is -0.938. The Kier molecular flexibility index (Phi) is 2.08. The molecule has 2 aliphatic rings. The van der Waals surface area contributed by atoms with Crippen LogP contribution in [0.4, 0.5) is 0 Å². The van der Waals surface area contributed by atoms with Crippen molar-refractivity contribution in [3.05, 3.63) is 0 Å². The van der Waals surface area contributed by atoms with Crippen LogP contribution >= 0.6 is 0 Å². The van der Waals surface area contributed by atoms with Crippen molar-refractivity contribution in [2.24, 2.45) is 0 Å². The Morgan fingerprint density at radius 1 is 1.50 bits per heavy atom. The molecule has 4 nitrogen and oxygen atoms in total. The second kappa shape index (κ2) is 2.94. The largest absolute Gasteiger partial charge is 0.467 e. The van der Waals surface area contributed by atoms with Gasteiger partial charge >= 0.3 is 5.97 Å². The highest BCUT2D eigenvalue weighted by Gasteiger charge is 2.78. The standard InChI is InChI=1S/C10H16O4/c1-4-10(8(11)13-3)9(14-10)5-7(6-9)12-2/h7H,4-6H2,1-3H3. The number of hydrogen-bond donors (Lipinski definition) is 0. The molecule has 80 valence electrons. The number of rotatable bonds is 3. The van der Waals surface area contributed by atoms with E-state index in [1.165, 1.54) is 7.11 Å². The topological polar surface area (TPSA) is 48.1 Å². The molecule has 2 fully saturated rings. The van der Waals surface area contributed by atoms with E-state index in [9.17, 15) is 4.79 Å². The molecule has 1 saturated carbocycles. The average molecular weight is 200 g/mol. The van der Waals surface area contributed by atoms with E-state index in [1.54, 1.807) is 7.11 Å². The van der Waals surface area contributed by atoms with Gasteiger partial charge in [0.1, 0.15) is 5.60 Å². The zero-order valence-corrected chi connectivity index (χ0v) is 8.83. The van der Waals surface area contributed by atoms with Crippen LogP contribution in [0.2, 0.25) is 0 Å². The molecule has 1 saturated heterocycles. The van der Waals surface area contributed by atoms with Gasteiger partial charge in [0.15, 0.2) is 5.60 Å². The second-order valence-corrected chi connectivity index (χ2v) is 4.03. The molecule has 1 aliphatic heterocycles. The van der Waals surface area contributed by atoms with E-state index in [0.717, 1.165) is 12.8 Å². The summed E-state index contributed by atoms with van der Waals surface area (Å²) in [6.45, 7) is 1.95. The Labute approximate surface area is 83.5 Å². The van der Waals surface area contributed by atoms with Gasteiger partial charge in [-0.05, 0) is 6.42 Å². The molecule has 2 rings (SSSR count). The van der Waals surface area contributed by atoms with Crippen LogP contribution in [0.25, 0.3) is 0 Å². The smallest absolute Gasteiger partial charge is 0.341 e. The van der Waals surface area contributed by atoms with Crippen LogP contribution < -0.4 is 0 Å². The maximum absolute atomic E-state index is 11.5. The van der Waals surface area contributed by atoms with Crippen molar-refractivity contribution in [3.8, 4) is 0 Å². The quantitative estimate of drug-likeness (QED) is 0.501. The Bertz CT molecular complexity index is 257. The van der Waals surface area contributed by atoms with Crippen LogP contribution in [0.3, 0.4) is 0 Å². The van der Waals surface area contributed by atoms with E-state index in [0.29, 0.717) is 6.42 Å². The maximum Gasteiger partial charge on any atom is 0.341 e. The lowest BCUT2D eigenvalue weighted by molar-refractivity contribution is -0.147. The summed E-state index contributed by atoms with van der Waals surface area (Å²) in [4.78, 5) is 11.5. The molecule has 0 amide bonds. The molecule has 1 unspecified atom stereocenters. The number of carbonyl (C=O) groups excluding carboxylic acids is 1. The van der Waals surface area contributed by atoms with E-state index in [1.807, 2.05) is 6.92 Å². The molecule has 0 bridgehead atoms. The number of hydrogen-bond acceptors (Lipinski definition) is 4. The summed E-state index contributed by atoms with van der Waals surface area (Å²) in [7, 11) is 3.09. The van der Waals surface area contributed by atoms with Gasteiger partial charge in [-0.25, -0.2) is 4.79 Å². The van der Waals surface area contributed by atoms with E-state index in [-0.39, 0.29) is 17.7 Å². The molecule has 1 heterocycles. The van der Waals surface area contributed by atoms with Crippen molar-refractivity contribution in [3.63, 3.8) is 0 Å². The van der Waals surface area contributed by atoms with Gasteiger partial charge in [0.05, 0.1) is 13.2 Å². The van der Waals surface area contributed by atoms with Crippen LogP contribution in [0.5, 0.6) is 0 Å². The first-order valence-corrected chi connectivity index (χ1v) is 4.95. The average Bonchev–Trinajstić information content (AvgIpc) is 2.84. The number of esters is 1. The van der Waals surface area contributed by atoms with Crippen LogP contribution in [-0.2, 0) is 19.0 Å². The van der Waals surface area contributed by atoms with Gasteiger partial charge in [0.25, 0.3) is 0 Å². The SMILES string of the molecule is CCC1(C(=O)OC)OC12CC(OC)C2. The van der Waals surface area contributed by atoms with Crippen molar-refractivity contribution in [2.75, 3.05) is 14.2 Å². The number of epoxide rings is 1. The summed E-state index contributed by atoms with van der Waals surface area (Å²) in [5.74, 6) is -0.241. The predicted octanol–water partition coefficient (Wildman–Crippen LogP) is 0.886. The first-order valence-electron chi connectivity index (χ1n) is 4.95. The molecule has 1 atom stereocenters. The Balaban J connectivity index is 2.04. The lowest BCUT2D eigenvalue weighted by Crippen LogP contribution is -2.46. The van der Waals surface area contributed by atoms with Crippen LogP contribution in [0.15, 0.2) is 0 Å². The summed E-state index contributed by atoms with van der Waals surface area (Å²) in [6, 6.07) is 0. The molecule has 0 aromatic carbocycles. The van der Waals surface area contributed by atoms with Crippen molar-refractivity contribution in [1.29, 1.82) is 0 Å². The van der Waals surface area contributed by atoms with E-state index < -0.39 is 5.60 Å². The fourth-order valence-electron chi connectivity index (χ4n) is 2.49. The highest BCUT2D eigenvalue weighted by atomic mass is 16.7. The lowest BCUT2D eigenvalue weighted by atomic mass is 9.72. The first-order chi connectivity index (χ1) is 6.64. The van der Waals surface area contributed by atoms with E-state index in [2.05, 4.69) is 0 Å². The molecule has 0 aromatic heterocycles. The fourth-order valence-corrected chi connectivity index (χ4v) is 2.49. The van der Waals surface area contributed by atoms with Gasteiger partial charge in [-0.1, -0.05) is 6.92 Å². The van der Waals surface area contributed by atoms with Gasteiger partial charge < -0.3 is 14.2 Å². The molecule has 14 heavy (non-hydrogen) atoms.